The Hall–Kier alpha value is -2.04. The van der Waals surface area contributed by atoms with Crippen LogP contribution >= 0.6 is 11.6 Å². The van der Waals surface area contributed by atoms with Gasteiger partial charge in [-0.3, -0.25) is 4.79 Å². The van der Waals surface area contributed by atoms with Gasteiger partial charge >= 0.3 is 0 Å². The summed E-state index contributed by atoms with van der Waals surface area (Å²) in [6, 6.07) is 15.9. The predicted molar refractivity (Wildman–Crippen MR) is 124 cm³/mol. The summed E-state index contributed by atoms with van der Waals surface area (Å²) in [4.78, 5) is 14.5. The summed E-state index contributed by atoms with van der Waals surface area (Å²) in [6.45, 7) is 9.97. The summed E-state index contributed by atoms with van der Waals surface area (Å²) >= 11 is 6.02. The van der Waals surface area contributed by atoms with Crippen molar-refractivity contribution >= 4 is 23.2 Å². The molecule has 1 saturated heterocycles. The molecule has 162 valence electrons. The normalized spacial score (nSPS) is 16.4. The van der Waals surface area contributed by atoms with E-state index < -0.39 is 0 Å². The fourth-order valence-corrected chi connectivity index (χ4v) is 4.07. The number of rotatable bonds is 8. The molecule has 0 saturated carbocycles. The number of likely N-dealkylation sites (tertiary alicyclic amines) is 1. The van der Waals surface area contributed by atoms with Crippen molar-refractivity contribution < 1.29 is 9.53 Å². The topological polar surface area (TPSA) is 41.6 Å². The molecule has 2 aromatic rings. The number of carbonyl (C=O) groups excluding carboxylic acids is 1. The zero-order chi connectivity index (χ0) is 21.5. The fraction of sp³-hybridized carbons (Fsp3) is 0.480. The van der Waals surface area contributed by atoms with Gasteiger partial charge in [-0.15, -0.1) is 0 Å². The maximum Gasteiger partial charge on any atom is 0.226 e. The largest absolute Gasteiger partial charge is 0.493 e. The lowest BCUT2D eigenvalue weighted by molar-refractivity contribution is -0.118. The average Bonchev–Trinajstić information content (AvgIpc) is 2.73. The minimum absolute atomic E-state index is 0.0123. The summed E-state index contributed by atoms with van der Waals surface area (Å²) in [5.74, 6) is 1.89. The molecule has 1 aliphatic rings. The molecule has 0 unspecified atom stereocenters. The molecule has 1 aliphatic heterocycles. The molecular weight excluding hydrogens is 396 g/mol. The van der Waals surface area contributed by atoms with Gasteiger partial charge in [0.15, 0.2) is 0 Å². The molecule has 0 aliphatic carbocycles. The number of piperidine rings is 1. The molecule has 30 heavy (non-hydrogen) atoms. The van der Waals surface area contributed by atoms with E-state index >= 15 is 0 Å². The maximum absolute atomic E-state index is 12.0. The Morgan fingerprint density at radius 3 is 2.57 bits per heavy atom. The first-order valence-electron chi connectivity index (χ1n) is 10.9. The van der Waals surface area contributed by atoms with Gasteiger partial charge < -0.3 is 15.0 Å². The molecule has 5 heteroatoms. The van der Waals surface area contributed by atoms with E-state index in [4.69, 9.17) is 16.3 Å². The Morgan fingerprint density at radius 1 is 1.13 bits per heavy atom. The molecule has 2 aromatic carbocycles. The number of anilines is 1. The van der Waals surface area contributed by atoms with E-state index in [0.717, 1.165) is 43.9 Å². The Balaban J connectivity index is 1.45. The van der Waals surface area contributed by atoms with E-state index in [1.54, 1.807) is 0 Å². The van der Waals surface area contributed by atoms with Gasteiger partial charge in [-0.25, -0.2) is 0 Å². The van der Waals surface area contributed by atoms with Gasteiger partial charge in [-0.2, -0.15) is 0 Å². The van der Waals surface area contributed by atoms with Gasteiger partial charge in [0, 0.05) is 29.1 Å². The smallest absolute Gasteiger partial charge is 0.226 e. The fourth-order valence-electron chi connectivity index (χ4n) is 3.89. The van der Waals surface area contributed by atoms with Gasteiger partial charge in [0.1, 0.15) is 5.75 Å². The molecule has 3 rings (SSSR count). The Labute approximate surface area is 185 Å². The lowest BCUT2D eigenvalue weighted by Crippen LogP contribution is -2.37. The van der Waals surface area contributed by atoms with Crippen LogP contribution in [0.25, 0.3) is 0 Å². The Morgan fingerprint density at radius 2 is 1.87 bits per heavy atom. The first-order chi connectivity index (χ1) is 14.4. The SMILES string of the molecule is CC(C)C(=O)Nc1cccc(C2CCN(C[C@@H](C)COc3cccc(Cl)c3)CC2)c1. The highest BCUT2D eigenvalue weighted by Gasteiger charge is 2.22. The number of nitrogens with zero attached hydrogens (tertiary/aromatic N) is 1. The first-order valence-corrected chi connectivity index (χ1v) is 11.3. The van der Waals surface area contributed by atoms with Gasteiger partial charge in [0.25, 0.3) is 0 Å². The number of halogens is 1. The third-order valence-electron chi connectivity index (χ3n) is 5.64. The van der Waals surface area contributed by atoms with Crippen LogP contribution in [-0.2, 0) is 4.79 Å². The molecular formula is C25H33ClN2O2. The van der Waals surface area contributed by atoms with Crippen LogP contribution in [-0.4, -0.2) is 37.0 Å². The molecule has 4 nitrogen and oxygen atoms in total. The lowest BCUT2D eigenvalue weighted by atomic mass is 9.89. The van der Waals surface area contributed by atoms with Crippen LogP contribution in [0.2, 0.25) is 5.02 Å². The van der Waals surface area contributed by atoms with Crippen LogP contribution in [0, 0.1) is 11.8 Å². The zero-order valence-electron chi connectivity index (χ0n) is 18.2. The summed E-state index contributed by atoms with van der Waals surface area (Å²) in [7, 11) is 0. The van der Waals surface area contributed by atoms with E-state index in [1.807, 2.05) is 50.2 Å². The van der Waals surface area contributed by atoms with Crippen LogP contribution < -0.4 is 10.1 Å². The summed E-state index contributed by atoms with van der Waals surface area (Å²) in [5.41, 5.74) is 2.23. The minimum Gasteiger partial charge on any atom is -0.493 e. The maximum atomic E-state index is 12.0. The van der Waals surface area contributed by atoms with Gasteiger partial charge in [0.2, 0.25) is 5.91 Å². The van der Waals surface area contributed by atoms with Gasteiger partial charge in [0.05, 0.1) is 6.61 Å². The molecule has 1 heterocycles. The second kappa shape index (κ2) is 10.8. The van der Waals surface area contributed by atoms with Crippen LogP contribution in [0.5, 0.6) is 5.75 Å². The molecule has 1 fully saturated rings. The molecule has 1 N–H and O–H groups in total. The quantitative estimate of drug-likeness (QED) is 0.575. The van der Waals surface area contributed by atoms with E-state index in [-0.39, 0.29) is 11.8 Å². The predicted octanol–water partition coefficient (Wildman–Crippen LogP) is 5.83. The summed E-state index contributed by atoms with van der Waals surface area (Å²) in [6.07, 6.45) is 2.28. The van der Waals surface area contributed by atoms with E-state index in [0.29, 0.717) is 23.5 Å². The van der Waals surface area contributed by atoms with Gasteiger partial charge in [-0.05, 0) is 67.7 Å². The number of nitrogens with one attached hydrogen (secondary N) is 1. The van der Waals surface area contributed by atoms with Crippen molar-refractivity contribution in [1.29, 1.82) is 0 Å². The third-order valence-corrected chi connectivity index (χ3v) is 5.87. The first kappa shape index (κ1) is 22.6. The average molecular weight is 429 g/mol. The zero-order valence-corrected chi connectivity index (χ0v) is 19.0. The van der Waals surface area contributed by atoms with Crippen LogP contribution in [0.3, 0.4) is 0 Å². The number of hydrogen-bond acceptors (Lipinski definition) is 3. The van der Waals surface area contributed by atoms with Crippen molar-refractivity contribution in [1.82, 2.24) is 4.90 Å². The molecule has 0 radical (unpaired) electrons. The molecule has 1 amide bonds. The van der Waals surface area contributed by atoms with Crippen molar-refractivity contribution in [2.45, 2.75) is 39.5 Å². The molecule has 0 bridgehead atoms. The molecule has 1 atom stereocenters. The van der Waals surface area contributed by atoms with E-state index in [2.05, 4.69) is 29.3 Å². The summed E-state index contributed by atoms with van der Waals surface area (Å²) in [5, 5.41) is 3.72. The Kier molecular flexibility index (Phi) is 8.17. The monoisotopic (exact) mass is 428 g/mol. The van der Waals surface area contributed by atoms with E-state index in [9.17, 15) is 4.79 Å². The third kappa shape index (κ3) is 6.75. The number of ether oxygens (including phenoxy) is 1. The highest BCUT2D eigenvalue weighted by molar-refractivity contribution is 6.30. The van der Waals surface area contributed by atoms with E-state index in [1.165, 1.54) is 5.56 Å². The van der Waals surface area contributed by atoms with Crippen LogP contribution in [0.15, 0.2) is 48.5 Å². The van der Waals surface area contributed by atoms with Crippen molar-refractivity contribution in [3.05, 3.63) is 59.1 Å². The molecule has 0 spiro atoms. The second-order valence-corrected chi connectivity index (χ2v) is 9.15. The Bertz CT molecular complexity index is 831. The minimum atomic E-state index is -0.0123. The second-order valence-electron chi connectivity index (χ2n) is 8.72. The summed E-state index contributed by atoms with van der Waals surface area (Å²) < 4.78 is 5.90. The van der Waals surface area contributed by atoms with Crippen molar-refractivity contribution in [3.8, 4) is 5.75 Å². The number of amides is 1. The standard InChI is InChI=1S/C25H33ClN2O2/c1-18(2)25(29)27-23-8-4-6-21(14-23)20-10-12-28(13-11-20)16-19(3)17-30-24-9-5-7-22(26)15-24/h4-9,14-15,18-20H,10-13,16-17H2,1-3H3,(H,27,29)/t19-/m1/s1. The highest BCUT2D eigenvalue weighted by Crippen LogP contribution is 2.30. The van der Waals surface area contributed by atoms with Crippen LogP contribution in [0.4, 0.5) is 5.69 Å². The number of benzene rings is 2. The number of carbonyl (C=O) groups is 1. The molecule has 0 aromatic heterocycles. The lowest BCUT2D eigenvalue weighted by Gasteiger charge is -2.33. The van der Waals surface area contributed by atoms with Crippen molar-refractivity contribution in [2.75, 3.05) is 31.6 Å². The van der Waals surface area contributed by atoms with Crippen LogP contribution in [0.1, 0.15) is 45.1 Å². The van der Waals surface area contributed by atoms with Gasteiger partial charge in [-0.1, -0.05) is 50.6 Å². The van der Waals surface area contributed by atoms with Crippen molar-refractivity contribution in [2.24, 2.45) is 11.8 Å². The number of hydrogen-bond donors (Lipinski definition) is 1. The van der Waals surface area contributed by atoms with Crippen molar-refractivity contribution in [3.63, 3.8) is 0 Å². The highest BCUT2D eigenvalue weighted by atomic mass is 35.5.